The minimum Gasteiger partial charge on any atom is -0.444 e. The lowest BCUT2D eigenvalue weighted by molar-refractivity contribution is -0.133. The fraction of sp³-hybridized carbons (Fsp3) is 0.500. The minimum absolute atomic E-state index is 0.0521. The van der Waals surface area contributed by atoms with Gasteiger partial charge in [0.1, 0.15) is 18.2 Å². The molecule has 1 atom stereocenters. The lowest BCUT2D eigenvalue weighted by Crippen LogP contribution is -2.53. The van der Waals surface area contributed by atoms with Crippen molar-refractivity contribution in [3.63, 3.8) is 0 Å². The first kappa shape index (κ1) is 18.9. The number of alkyl halides is 3. The molecule has 0 spiro atoms. The summed E-state index contributed by atoms with van der Waals surface area (Å²) in [6, 6.07) is 4.98. The van der Waals surface area contributed by atoms with Gasteiger partial charge in [0, 0.05) is 6.54 Å². The Bertz CT molecular complexity index is 656. The van der Waals surface area contributed by atoms with Crippen LogP contribution in [0.1, 0.15) is 20.8 Å². The number of halogens is 3. The topological polar surface area (TPSA) is 70.7 Å². The van der Waals surface area contributed by atoms with Crippen LogP contribution in [0.25, 0.3) is 0 Å². The van der Waals surface area contributed by atoms with E-state index in [1.807, 2.05) is 0 Å². The molecule has 1 aromatic rings. The van der Waals surface area contributed by atoms with E-state index in [-0.39, 0.29) is 12.2 Å². The highest BCUT2D eigenvalue weighted by Crippen LogP contribution is 2.31. The van der Waals surface area contributed by atoms with E-state index in [2.05, 4.69) is 10.6 Å². The molecule has 1 heterocycles. The van der Waals surface area contributed by atoms with E-state index in [0.29, 0.717) is 10.6 Å². The molecule has 2 N–H and O–H groups in total. The van der Waals surface area contributed by atoms with E-state index < -0.39 is 36.4 Å². The van der Waals surface area contributed by atoms with E-state index in [9.17, 15) is 22.8 Å². The number of anilines is 2. The number of nitrogens with zero attached hydrogens (tertiary/aromatic N) is 1. The van der Waals surface area contributed by atoms with Crippen molar-refractivity contribution >= 4 is 23.4 Å². The predicted octanol–water partition coefficient (Wildman–Crippen LogP) is 2.90. The van der Waals surface area contributed by atoms with Gasteiger partial charge >= 0.3 is 12.3 Å². The second kappa shape index (κ2) is 6.81. The molecular formula is C16H20F3N3O3. The summed E-state index contributed by atoms with van der Waals surface area (Å²) in [5, 5.41) is 5.22. The molecule has 6 nitrogen and oxygen atoms in total. The molecule has 0 radical (unpaired) electrons. The van der Waals surface area contributed by atoms with Crippen LogP contribution < -0.4 is 15.5 Å². The van der Waals surface area contributed by atoms with Crippen molar-refractivity contribution in [2.45, 2.75) is 38.6 Å². The maximum Gasteiger partial charge on any atom is 0.408 e. The van der Waals surface area contributed by atoms with Crippen LogP contribution in [0.4, 0.5) is 29.3 Å². The second-order valence-corrected chi connectivity index (χ2v) is 6.64. The maximum atomic E-state index is 12.9. The highest BCUT2D eigenvalue weighted by Gasteiger charge is 2.39. The monoisotopic (exact) mass is 359 g/mol. The van der Waals surface area contributed by atoms with Gasteiger partial charge in [-0.1, -0.05) is 12.1 Å². The molecule has 1 aliphatic heterocycles. The molecule has 2 amide bonds. The van der Waals surface area contributed by atoms with Crippen molar-refractivity contribution in [2.75, 3.05) is 23.3 Å². The molecule has 0 fully saturated rings. The van der Waals surface area contributed by atoms with Crippen LogP contribution in [0.2, 0.25) is 0 Å². The number of carbonyl (C=O) groups is 2. The zero-order chi connectivity index (χ0) is 18.8. The van der Waals surface area contributed by atoms with Gasteiger partial charge in [0.2, 0.25) is 0 Å². The Morgan fingerprint density at radius 3 is 2.56 bits per heavy atom. The molecule has 0 saturated carbocycles. The first-order chi connectivity index (χ1) is 11.5. The van der Waals surface area contributed by atoms with Gasteiger partial charge in [0.15, 0.2) is 0 Å². The first-order valence-electron chi connectivity index (χ1n) is 7.67. The third-order valence-electron chi connectivity index (χ3n) is 3.28. The van der Waals surface area contributed by atoms with Crippen LogP contribution in [-0.2, 0) is 9.53 Å². The van der Waals surface area contributed by atoms with Crippen LogP contribution in [0, 0.1) is 0 Å². The number of alkyl carbamates (subject to hydrolysis) is 1. The molecule has 0 aromatic heterocycles. The van der Waals surface area contributed by atoms with Gasteiger partial charge in [-0.2, -0.15) is 13.2 Å². The standard InChI is InChI=1S/C16H20F3N3O3/c1-15(2,3)25-14(24)21-11-8-20-10-6-4-5-7-12(10)22(13(11)23)9-16(17,18)19/h4-7,11,20H,8-9H2,1-3H3,(H,21,24)/t11-/m0/s1. The molecule has 1 aliphatic rings. The Morgan fingerprint density at radius 2 is 1.96 bits per heavy atom. The van der Waals surface area contributed by atoms with Gasteiger partial charge in [-0.3, -0.25) is 9.69 Å². The largest absolute Gasteiger partial charge is 0.444 e. The van der Waals surface area contributed by atoms with E-state index >= 15 is 0 Å². The highest BCUT2D eigenvalue weighted by atomic mass is 19.4. The van der Waals surface area contributed by atoms with Gasteiger partial charge in [-0.05, 0) is 32.9 Å². The maximum absolute atomic E-state index is 12.9. The summed E-state index contributed by atoms with van der Waals surface area (Å²) in [6.45, 7) is 3.43. The Kier molecular flexibility index (Phi) is 5.15. The molecule has 0 saturated heterocycles. The van der Waals surface area contributed by atoms with Gasteiger partial charge in [0.05, 0.1) is 11.4 Å². The number of amides is 2. The first-order valence-corrected chi connectivity index (χ1v) is 7.67. The number of ether oxygens (including phenoxy) is 1. The third-order valence-corrected chi connectivity index (χ3v) is 3.28. The molecule has 138 valence electrons. The molecule has 0 unspecified atom stereocenters. The Morgan fingerprint density at radius 1 is 1.32 bits per heavy atom. The number of hydrogen-bond acceptors (Lipinski definition) is 4. The van der Waals surface area contributed by atoms with Crippen LogP contribution in [0.5, 0.6) is 0 Å². The summed E-state index contributed by atoms with van der Waals surface area (Å²) in [5.41, 5.74) is -0.299. The summed E-state index contributed by atoms with van der Waals surface area (Å²) in [6.07, 6.45) is -5.45. The third kappa shape index (κ3) is 5.27. The number of benzene rings is 1. The van der Waals surface area contributed by atoms with Crippen molar-refractivity contribution < 1.29 is 27.5 Å². The zero-order valence-electron chi connectivity index (χ0n) is 14.1. The number of para-hydroxylation sites is 2. The van der Waals surface area contributed by atoms with Crippen molar-refractivity contribution in [3.8, 4) is 0 Å². The van der Waals surface area contributed by atoms with Gasteiger partial charge in [-0.15, -0.1) is 0 Å². The van der Waals surface area contributed by atoms with Gasteiger partial charge in [0.25, 0.3) is 5.91 Å². The Balaban J connectivity index is 2.26. The lowest BCUT2D eigenvalue weighted by atomic mass is 10.2. The lowest BCUT2D eigenvalue weighted by Gasteiger charge is -2.27. The second-order valence-electron chi connectivity index (χ2n) is 6.64. The molecule has 0 aliphatic carbocycles. The smallest absolute Gasteiger partial charge is 0.408 e. The summed E-state index contributed by atoms with van der Waals surface area (Å²) in [4.78, 5) is 25.1. The average molecular weight is 359 g/mol. The van der Waals surface area contributed by atoms with E-state index in [4.69, 9.17) is 4.74 Å². The number of carbonyl (C=O) groups excluding carboxylic acids is 2. The van der Waals surface area contributed by atoms with Crippen molar-refractivity contribution in [2.24, 2.45) is 0 Å². The fourth-order valence-corrected chi connectivity index (χ4v) is 2.37. The van der Waals surface area contributed by atoms with Gasteiger partial charge in [-0.25, -0.2) is 4.79 Å². The molecule has 0 bridgehead atoms. The average Bonchev–Trinajstić information content (AvgIpc) is 2.56. The number of hydrogen-bond donors (Lipinski definition) is 2. The Hall–Kier alpha value is -2.45. The van der Waals surface area contributed by atoms with Crippen molar-refractivity contribution in [1.82, 2.24) is 5.32 Å². The van der Waals surface area contributed by atoms with E-state index in [1.165, 1.54) is 6.07 Å². The van der Waals surface area contributed by atoms with E-state index in [1.54, 1.807) is 39.0 Å². The number of fused-ring (bicyclic) bond motifs is 1. The van der Waals surface area contributed by atoms with Crippen LogP contribution >= 0.6 is 0 Å². The normalized spacial score (nSPS) is 18.1. The molecule has 2 rings (SSSR count). The summed E-state index contributed by atoms with van der Waals surface area (Å²) < 4.78 is 43.8. The van der Waals surface area contributed by atoms with Crippen LogP contribution in [0.15, 0.2) is 24.3 Å². The molecule has 9 heteroatoms. The molecular weight excluding hydrogens is 339 g/mol. The van der Waals surface area contributed by atoms with Crippen LogP contribution in [0.3, 0.4) is 0 Å². The quantitative estimate of drug-likeness (QED) is 0.852. The highest BCUT2D eigenvalue weighted by molar-refractivity contribution is 6.02. The SMILES string of the molecule is CC(C)(C)OC(=O)N[C@H]1CNc2ccccc2N(CC(F)(F)F)C1=O. The predicted molar refractivity (Wildman–Crippen MR) is 86.5 cm³/mol. The number of rotatable bonds is 2. The molecule has 1 aromatic carbocycles. The van der Waals surface area contributed by atoms with E-state index in [0.717, 1.165) is 0 Å². The summed E-state index contributed by atoms with van der Waals surface area (Å²) >= 11 is 0. The zero-order valence-corrected chi connectivity index (χ0v) is 14.1. The Labute approximate surface area is 143 Å². The summed E-state index contributed by atoms with van der Waals surface area (Å²) in [7, 11) is 0. The fourth-order valence-electron chi connectivity index (χ4n) is 2.37. The molecule has 25 heavy (non-hydrogen) atoms. The summed E-state index contributed by atoms with van der Waals surface area (Å²) in [5.74, 6) is -0.861. The van der Waals surface area contributed by atoms with Gasteiger partial charge < -0.3 is 15.4 Å². The van der Waals surface area contributed by atoms with Crippen LogP contribution in [-0.4, -0.2) is 42.9 Å². The van der Waals surface area contributed by atoms with Crippen molar-refractivity contribution in [1.29, 1.82) is 0 Å². The number of nitrogens with one attached hydrogen (secondary N) is 2. The van der Waals surface area contributed by atoms with Crippen molar-refractivity contribution in [3.05, 3.63) is 24.3 Å². The minimum atomic E-state index is -4.58.